The molecular weight excluding hydrogens is 749 g/mol. The van der Waals surface area contributed by atoms with Crippen molar-refractivity contribution in [1.29, 1.82) is 0 Å². The minimum atomic E-state index is 0.563. The highest BCUT2D eigenvalue weighted by atomic mass is 16.3. The van der Waals surface area contributed by atoms with Crippen LogP contribution in [0.5, 0.6) is 0 Å². The van der Waals surface area contributed by atoms with Crippen molar-refractivity contribution < 1.29 is 8.83 Å². The van der Waals surface area contributed by atoms with Crippen LogP contribution < -0.4 is 0 Å². The first-order valence-electron chi connectivity index (χ1n) is 20.4. The first-order valence-corrected chi connectivity index (χ1v) is 20.4. The molecule has 0 saturated carbocycles. The number of rotatable bonds is 5. The van der Waals surface area contributed by atoms with Gasteiger partial charge in [0, 0.05) is 54.7 Å². The highest BCUT2D eigenvalue weighted by Crippen LogP contribution is 2.44. The predicted molar refractivity (Wildman–Crippen MR) is 248 cm³/mol. The zero-order chi connectivity index (χ0) is 40.0. The summed E-state index contributed by atoms with van der Waals surface area (Å²) in [7, 11) is 0. The van der Waals surface area contributed by atoms with Gasteiger partial charge in [-0.3, -0.25) is 0 Å². The summed E-state index contributed by atoms with van der Waals surface area (Å²) in [6, 6.07) is 67.4. The fourth-order valence-electron chi connectivity index (χ4n) is 9.32. The summed E-state index contributed by atoms with van der Waals surface area (Å²) in [6.07, 6.45) is 0. The monoisotopic (exact) mass is 780 g/mol. The molecule has 0 aliphatic carbocycles. The smallest absolute Gasteiger partial charge is 0.164 e. The summed E-state index contributed by atoms with van der Waals surface area (Å²) >= 11 is 0. The topological polar surface area (TPSA) is 69.9 Å². The molecule has 284 valence electrons. The maximum Gasteiger partial charge on any atom is 0.164 e. The largest absolute Gasteiger partial charge is 0.456 e. The van der Waals surface area contributed by atoms with Gasteiger partial charge in [0.1, 0.15) is 22.3 Å². The molecule has 9 aromatic carbocycles. The summed E-state index contributed by atoms with van der Waals surface area (Å²) in [4.78, 5) is 15.9. The molecule has 0 fully saturated rings. The van der Waals surface area contributed by atoms with Crippen molar-refractivity contribution in [3.8, 4) is 51.0 Å². The highest BCUT2D eigenvalue weighted by Gasteiger charge is 2.23. The second-order valence-electron chi connectivity index (χ2n) is 15.5. The van der Waals surface area contributed by atoms with E-state index in [0.717, 1.165) is 88.4 Å². The average Bonchev–Trinajstić information content (AvgIpc) is 4.00. The van der Waals surface area contributed by atoms with Crippen molar-refractivity contribution in [3.05, 3.63) is 194 Å². The predicted octanol–water partition coefficient (Wildman–Crippen LogP) is 14.6. The van der Waals surface area contributed by atoms with Gasteiger partial charge >= 0.3 is 0 Å². The Kier molecular flexibility index (Phi) is 7.21. The van der Waals surface area contributed by atoms with E-state index in [0.29, 0.717) is 17.5 Å². The van der Waals surface area contributed by atoms with Gasteiger partial charge in [-0.1, -0.05) is 133 Å². The number of benzene rings is 9. The van der Waals surface area contributed by atoms with Gasteiger partial charge in [0.15, 0.2) is 17.5 Å². The molecule has 0 aliphatic heterocycles. The van der Waals surface area contributed by atoms with Crippen LogP contribution in [0.1, 0.15) is 0 Å². The molecule has 13 rings (SSSR count). The molecule has 0 spiro atoms. The highest BCUT2D eigenvalue weighted by molar-refractivity contribution is 6.16. The van der Waals surface area contributed by atoms with E-state index in [-0.39, 0.29) is 0 Å². The molecule has 61 heavy (non-hydrogen) atoms. The lowest BCUT2D eigenvalue weighted by atomic mass is 9.94. The van der Waals surface area contributed by atoms with E-state index in [4.69, 9.17) is 23.8 Å². The van der Waals surface area contributed by atoms with Crippen molar-refractivity contribution in [1.82, 2.24) is 19.5 Å². The standard InChI is InChI=1S/C55H32N4O2/c1-2-14-33(15-3-1)53-56-54(58-55(57-53)42-22-13-27-50-52(42)41-20-8-11-25-48(41)61-50)39-29-28-36(32-43(39)38-21-12-26-49-51(38)40-19-7-10-24-47(40)60-49)59-45-23-9-6-18-37(45)44-30-34-16-4-5-17-35(34)31-46(44)59/h1-32H. The van der Waals surface area contributed by atoms with Gasteiger partial charge in [-0.2, -0.15) is 0 Å². The number of fused-ring (bicyclic) bond motifs is 10. The Morgan fingerprint density at radius 3 is 1.62 bits per heavy atom. The molecule has 0 atom stereocenters. The van der Waals surface area contributed by atoms with Crippen LogP contribution in [0.3, 0.4) is 0 Å². The van der Waals surface area contributed by atoms with Gasteiger partial charge in [-0.25, -0.2) is 15.0 Å². The van der Waals surface area contributed by atoms with Gasteiger partial charge in [-0.05, 0) is 82.6 Å². The van der Waals surface area contributed by atoms with Gasteiger partial charge < -0.3 is 13.4 Å². The fourth-order valence-corrected chi connectivity index (χ4v) is 9.32. The zero-order valence-corrected chi connectivity index (χ0v) is 32.6. The molecular formula is C55H32N4O2. The van der Waals surface area contributed by atoms with Gasteiger partial charge in [0.2, 0.25) is 0 Å². The molecule has 0 amide bonds. The van der Waals surface area contributed by atoms with Crippen LogP contribution >= 0.6 is 0 Å². The molecule has 0 radical (unpaired) electrons. The third-order valence-corrected chi connectivity index (χ3v) is 12.0. The quantitative estimate of drug-likeness (QED) is 0.174. The Morgan fingerprint density at radius 1 is 0.328 bits per heavy atom. The summed E-state index contributed by atoms with van der Waals surface area (Å²) < 4.78 is 15.2. The molecule has 0 aliphatic rings. The molecule has 4 heterocycles. The molecule has 13 aromatic rings. The van der Waals surface area contributed by atoms with Crippen LogP contribution in [0.2, 0.25) is 0 Å². The van der Waals surface area contributed by atoms with Crippen LogP contribution in [0.15, 0.2) is 203 Å². The Balaban J connectivity index is 1.13. The van der Waals surface area contributed by atoms with Crippen molar-refractivity contribution in [2.24, 2.45) is 0 Å². The van der Waals surface area contributed by atoms with E-state index in [1.54, 1.807) is 0 Å². The second-order valence-corrected chi connectivity index (χ2v) is 15.5. The van der Waals surface area contributed by atoms with Crippen molar-refractivity contribution >= 4 is 76.5 Å². The van der Waals surface area contributed by atoms with E-state index in [2.05, 4.69) is 120 Å². The number of hydrogen-bond donors (Lipinski definition) is 0. The number of para-hydroxylation sites is 3. The van der Waals surface area contributed by atoms with Crippen molar-refractivity contribution in [3.63, 3.8) is 0 Å². The average molecular weight is 781 g/mol. The fraction of sp³-hybridized carbons (Fsp3) is 0. The van der Waals surface area contributed by atoms with Crippen molar-refractivity contribution in [2.75, 3.05) is 0 Å². The number of aromatic nitrogens is 4. The van der Waals surface area contributed by atoms with Crippen LogP contribution in [0, 0.1) is 0 Å². The molecule has 0 saturated heterocycles. The van der Waals surface area contributed by atoms with Crippen LogP contribution in [-0.2, 0) is 0 Å². The number of hydrogen-bond acceptors (Lipinski definition) is 5. The number of nitrogens with zero attached hydrogens (tertiary/aromatic N) is 4. The third kappa shape index (κ3) is 5.19. The zero-order valence-electron chi connectivity index (χ0n) is 32.6. The normalized spacial score (nSPS) is 11.9. The summed E-state index contributed by atoms with van der Waals surface area (Å²) in [6.45, 7) is 0. The summed E-state index contributed by atoms with van der Waals surface area (Å²) in [5.74, 6) is 1.71. The van der Waals surface area contributed by atoms with E-state index in [9.17, 15) is 0 Å². The third-order valence-electron chi connectivity index (χ3n) is 12.0. The lowest BCUT2D eigenvalue weighted by Gasteiger charge is -2.16. The first-order chi connectivity index (χ1) is 30.2. The molecule has 0 N–H and O–H groups in total. The van der Waals surface area contributed by atoms with E-state index >= 15 is 0 Å². The molecule has 6 nitrogen and oxygen atoms in total. The molecule has 0 bridgehead atoms. The maximum atomic E-state index is 6.49. The van der Waals surface area contributed by atoms with Crippen molar-refractivity contribution in [2.45, 2.75) is 0 Å². The first kappa shape index (κ1) is 33.6. The molecule has 4 aromatic heterocycles. The Labute approximate surface area is 348 Å². The Hall–Kier alpha value is -8.35. The van der Waals surface area contributed by atoms with Crippen LogP contribution in [-0.4, -0.2) is 19.5 Å². The van der Waals surface area contributed by atoms with Crippen LogP contribution in [0.4, 0.5) is 0 Å². The SMILES string of the molecule is c1ccc(-c2nc(-c3ccc(-n4c5ccccc5c5cc6ccccc6cc54)cc3-c3cccc4oc5ccccc5c34)nc(-c3cccc4oc5ccccc5c34)n2)cc1. The minimum Gasteiger partial charge on any atom is -0.456 e. The van der Waals surface area contributed by atoms with E-state index in [1.165, 1.54) is 21.5 Å². The van der Waals surface area contributed by atoms with E-state index in [1.807, 2.05) is 78.9 Å². The minimum absolute atomic E-state index is 0.563. The Morgan fingerprint density at radius 2 is 0.885 bits per heavy atom. The summed E-state index contributed by atoms with van der Waals surface area (Å²) in [5.41, 5.74) is 11.2. The second kappa shape index (κ2) is 13.1. The van der Waals surface area contributed by atoms with Gasteiger partial charge in [-0.15, -0.1) is 0 Å². The Bertz CT molecular complexity index is 3900. The van der Waals surface area contributed by atoms with E-state index < -0.39 is 0 Å². The maximum absolute atomic E-state index is 6.49. The number of furan rings is 2. The lowest BCUT2D eigenvalue weighted by Crippen LogP contribution is -2.02. The summed E-state index contributed by atoms with van der Waals surface area (Å²) in [5, 5.41) is 8.89. The lowest BCUT2D eigenvalue weighted by molar-refractivity contribution is 0.668. The van der Waals surface area contributed by atoms with Gasteiger partial charge in [0.25, 0.3) is 0 Å². The van der Waals surface area contributed by atoms with Crippen LogP contribution in [0.25, 0.3) is 127 Å². The van der Waals surface area contributed by atoms with Gasteiger partial charge in [0.05, 0.1) is 11.0 Å². The molecule has 0 unspecified atom stereocenters. The molecule has 6 heteroatoms.